The predicted molar refractivity (Wildman–Crippen MR) is 164 cm³/mol. The van der Waals surface area contributed by atoms with Gasteiger partial charge in [0.2, 0.25) is 0 Å². The van der Waals surface area contributed by atoms with Crippen LogP contribution in [0.1, 0.15) is 12.3 Å². The highest BCUT2D eigenvalue weighted by molar-refractivity contribution is 6.25. The fraction of sp³-hybridized carbons (Fsp3) is 0. The molecule has 1 aliphatic heterocycles. The van der Waals surface area contributed by atoms with Crippen LogP contribution in [0.5, 0.6) is 11.5 Å². The summed E-state index contributed by atoms with van der Waals surface area (Å²) in [4.78, 5) is 0. The summed E-state index contributed by atoms with van der Waals surface area (Å²) < 4.78 is 85.2. The lowest BCUT2D eigenvalue weighted by Gasteiger charge is -2.22. The Kier molecular flexibility index (Phi) is 2.79. The molecule has 0 spiro atoms. The predicted octanol–water partition coefficient (Wildman–Crippen LogP) is 10.8. The van der Waals surface area contributed by atoms with E-state index >= 15 is 0 Å². The number of rotatable bonds is 2. The van der Waals surface area contributed by atoms with Crippen LogP contribution >= 0.6 is 0 Å². The van der Waals surface area contributed by atoms with Crippen molar-refractivity contribution in [2.45, 2.75) is 0 Å². The molecule has 0 aromatic heterocycles. The lowest BCUT2D eigenvalue weighted by atomic mass is 9.88. The summed E-state index contributed by atoms with van der Waals surface area (Å²) in [6.07, 6.45) is 0. The highest BCUT2D eigenvalue weighted by Crippen LogP contribution is 2.48. The Morgan fingerprint density at radius 1 is 0.410 bits per heavy atom. The van der Waals surface area contributed by atoms with Crippen molar-refractivity contribution in [2.24, 2.45) is 0 Å². The van der Waals surface area contributed by atoms with Crippen LogP contribution in [0, 0.1) is 0 Å². The molecule has 0 aliphatic carbocycles. The molecule has 8 aromatic carbocycles. The second kappa shape index (κ2) is 7.69. The summed E-state index contributed by atoms with van der Waals surface area (Å²) in [5.41, 5.74) is 4.74. The van der Waals surface area contributed by atoms with E-state index in [1.54, 1.807) is 0 Å². The molecular formula is C38H22O. The number of para-hydroxylation sites is 1. The summed E-state index contributed by atoms with van der Waals surface area (Å²) in [5, 5.41) is 2.37. The number of hydrogen-bond acceptors (Lipinski definition) is 1. The molecule has 1 heterocycles. The largest absolute Gasteiger partial charge is 0.456 e. The Morgan fingerprint density at radius 2 is 1.10 bits per heavy atom. The van der Waals surface area contributed by atoms with Gasteiger partial charge in [0.1, 0.15) is 11.5 Å². The standard InChI is InChI=1S/C38H22O/c1-2-10-34-30(7-1)32-9-4-8-31-29(21-22-35(39-34)38(31)32)24-13-11-23(12-14-24)28-19-17-27-16-15-25-5-3-6-26-18-20-33(28)37(27)36(25)26/h1-22H/i3D,5D,6D,15D,16D,17D,18D,19D,20D. The van der Waals surface area contributed by atoms with Crippen LogP contribution in [-0.2, 0) is 0 Å². The van der Waals surface area contributed by atoms with Crippen molar-refractivity contribution in [3.05, 3.63) is 133 Å². The normalized spacial score (nSPS) is 15.5. The van der Waals surface area contributed by atoms with Crippen molar-refractivity contribution < 1.29 is 17.1 Å². The lowest BCUT2D eigenvalue weighted by Crippen LogP contribution is -1.97. The molecule has 1 heteroatoms. The number of hydrogen-bond donors (Lipinski definition) is 0. The zero-order valence-electron chi connectivity index (χ0n) is 29.4. The van der Waals surface area contributed by atoms with E-state index in [0.717, 1.165) is 44.5 Å². The molecule has 0 atom stereocenters. The summed E-state index contributed by atoms with van der Waals surface area (Å²) in [6.45, 7) is 0. The van der Waals surface area contributed by atoms with E-state index in [0.29, 0.717) is 5.56 Å². The van der Waals surface area contributed by atoms with Crippen LogP contribution in [-0.4, -0.2) is 0 Å². The second-order valence-corrected chi connectivity index (χ2v) is 9.76. The average molecular weight is 504 g/mol. The quantitative estimate of drug-likeness (QED) is 0.213. The van der Waals surface area contributed by atoms with Gasteiger partial charge in [0, 0.05) is 10.9 Å². The van der Waals surface area contributed by atoms with Crippen molar-refractivity contribution in [1.29, 1.82) is 0 Å². The molecule has 0 bridgehead atoms. The highest BCUT2D eigenvalue weighted by atomic mass is 16.5. The summed E-state index contributed by atoms with van der Waals surface area (Å²) in [7, 11) is 0. The summed E-state index contributed by atoms with van der Waals surface area (Å²) >= 11 is 0. The van der Waals surface area contributed by atoms with Crippen LogP contribution in [0.3, 0.4) is 0 Å². The molecule has 0 N–H and O–H groups in total. The topological polar surface area (TPSA) is 9.23 Å². The van der Waals surface area contributed by atoms with E-state index < -0.39 is 24.2 Å². The molecule has 0 saturated heterocycles. The van der Waals surface area contributed by atoms with Crippen LogP contribution in [0.25, 0.3) is 76.5 Å². The molecule has 0 saturated carbocycles. The molecule has 1 aliphatic rings. The van der Waals surface area contributed by atoms with Crippen molar-refractivity contribution in [2.75, 3.05) is 0 Å². The van der Waals surface area contributed by atoms with Crippen LogP contribution in [0.2, 0.25) is 0 Å². The van der Waals surface area contributed by atoms with Gasteiger partial charge in [0.25, 0.3) is 0 Å². The van der Waals surface area contributed by atoms with E-state index in [9.17, 15) is 0 Å². The van der Waals surface area contributed by atoms with Gasteiger partial charge in [0.05, 0.1) is 12.3 Å². The molecule has 9 rings (SSSR count). The van der Waals surface area contributed by atoms with Gasteiger partial charge in [-0.25, -0.2) is 0 Å². The molecule has 1 nitrogen and oxygen atoms in total. The Bertz CT molecular complexity index is 2710. The smallest absolute Gasteiger partial charge is 0.135 e. The van der Waals surface area contributed by atoms with Gasteiger partial charge in [-0.05, 0) is 77.7 Å². The van der Waals surface area contributed by atoms with Gasteiger partial charge in [-0.2, -0.15) is 0 Å². The first-order valence-electron chi connectivity index (χ1n) is 17.2. The van der Waals surface area contributed by atoms with E-state index in [1.165, 1.54) is 0 Å². The maximum absolute atomic E-state index is 9.08. The second-order valence-electron chi connectivity index (χ2n) is 9.76. The SMILES string of the molecule is [2H]c1c([2H])c2c([2H])c([2H])c3c([2H])c([2H])c(-c4ccc(-c5ccc6c7c(cccc57)-c5ccccc5O6)cc4)c4c([2H])c([2H])c(c1[2H])c2c34. The molecule has 0 amide bonds. The minimum Gasteiger partial charge on any atom is -0.456 e. The number of ether oxygens (including phenoxy) is 1. The number of fused-ring (bicyclic) bond motifs is 2. The Labute approximate surface area is 238 Å². The van der Waals surface area contributed by atoms with Gasteiger partial charge in [-0.1, -0.05) is 121 Å². The Balaban J connectivity index is 1.30. The van der Waals surface area contributed by atoms with E-state index in [2.05, 4.69) is 12.1 Å². The van der Waals surface area contributed by atoms with E-state index in [-0.39, 0.29) is 68.1 Å². The molecule has 0 fully saturated rings. The minimum absolute atomic E-state index is 0.0319. The third-order valence-electron chi connectivity index (χ3n) is 7.70. The average Bonchev–Trinajstić information content (AvgIpc) is 3.10. The fourth-order valence-corrected chi connectivity index (χ4v) is 5.93. The monoisotopic (exact) mass is 503 g/mol. The van der Waals surface area contributed by atoms with Crippen LogP contribution in [0.4, 0.5) is 0 Å². The maximum Gasteiger partial charge on any atom is 0.135 e. The van der Waals surface area contributed by atoms with Gasteiger partial charge in [-0.3, -0.25) is 0 Å². The van der Waals surface area contributed by atoms with E-state index in [4.69, 9.17) is 17.1 Å². The van der Waals surface area contributed by atoms with Gasteiger partial charge >= 0.3 is 0 Å². The minimum atomic E-state index is -0.487. The zero-order chi connectivity index (χ0) is 33.3. The van der Waals surface area contributed by atoms with Crippen molar-refractivity contribution in [3.8, 4) is 44.9 Å². The molecule has 180 valence electrons. The molecule has 8 aromatic rings. The van der Waals surface area contributed by atoms with Gasteiger partial charge < -0.3 is 4.74 Å². The fourth-order valence-electron chi connectivity index (χ4n) is 5.93. The van der Waals surface area contributed by atoms with Gasteiger partial charge in [-0.15, -0.1) is 0 Å². The summed E-state index contributed by atoms with van der Waals surface area (Å²) in [5.74, 6) is 1.58. The first kappa shape index (κ1) is 14.1. The molecule has 39 heavy (non-hydrogen) atoms. The summed E-state index contributed by atoms with van der Waals surface area (Å²) in [6, 6.07) is 22.3. The molecular weight excluding hydrogens is 472 g/mol. The highest BCUT2D eigenvalue weighted by Gasteiger charge is 2.21. The Morgan fingerprint density at radius 3 is 1.95 bits per heavy atom. The lowest BCUT2D eigenvalue weighted by molar-refractivity contribution is 0.487. The van der Waals surface area contributed by atoms with Crippen molar-refractivity contribution in [3.63, 3.8) is 0 Å². The third-order valence-corrected chi connectivity index (χ3v) is 7.70. The molecule has 0 radical (unpaired) electrons. The van der Waals surface area contributed by atoms with Crippen LogP contribution < -0.4 is 4.74 Å². The number of benzene rings is 8. The first-order valence-corrected chi connectivity index (χ1v) is 12.7. The maximum atomic E-state index is 9.08. The third kappa shape index (κ3) is 2.90. The van der Waals surface area contributed by atoms with E-state index in [1.807, 2.05) is 66.7 Å². The van der Waals surface area contributed by atoms with Crippen molar-refractivity contribution >= 4 is 43.1 Å². The zero-order valence-corrected chi connectivity index (χ0v) is 20.4. The molecule has 0 unspecified atom stereocenters. The van der Waals surface area contributed by atoms with Gasteiger partial charge in [0.15, 0.2) is 0 Å². The Hall–Kier alpha value is -5.14. The first-order chi connectivity index (χ1) is 23.1. The van der Waals surface area contributed by atoms with Crippen molar-refractivity contribution in [1.82, 2.24) is 0 Å². The van der Waals surface area contributed by atoms with Crippen LogP contribution in [0.15, 0.2) is 133 Å².